The van der Waals surface area contributed by atoms with Crippen LogP contribution in [-0.4, -0.2) is 33.7 Å². The van der Waals surface area contributed by atoms with Gasteiger partial charge in [-0.25, -0.2) is 13.1 Å². The molecular weight excluding hydrogens is 252 g/mol. The molecule has 0 fully saturated rings. The molecule has 1 amide bonds. The quantitative estimate of drug-likeness (QED) is 0.769. The zero-order chi connectivity index (χ0) is 13.8. The van der Waals surface area contributed by atoms with Crippen LogP contribution in [0.1, 0.15) is 21.5 Å². The van der Waals surface area contributed by atoms with Gasteiger partial charge in [-0.3, -0.25) is 4.79 Å². The van der Waals surface area contributed by atoms with Crippen molar-refractivity contribution in [1.82, 2.24) is 10.0 Å². The summed E-state index contributed by atoms with van der Waals surface area (Å²) in [5.74, 6) is -0.192. The average molecular weight is 270 g/mol. The zero-order valence-corrected chi connectivity index (χ0v) is 11.6. The number of aryl methyl sites for hydroxylation is 2. The van der Waals surface area contributed by atoms with Crippen molar-refractivity contribution in [2.75, 3.05) is 19.3 Å². The van der Waals surface area contributed by atoms with Crippen molar-refractivity contribution >= 4 is 15.9 Å². The summed E-state index contributed by atoms with van der Waals surface area (Å²) in [4.78, 5) is 11.8. The van der Waals surface area contributed by atoms with Crippen LogP contribution in [0.4, 0.5) is 0 Å². The lowest BCUT2D eigenvalue weighted by Gasteiger charge is -2.08. The number of hydrogen-bond acceptors (Lipinski definition) is 3. The fourth-order valence-corrected chi connectivity index (χ4v) is 2.05. The predicted octanol–water partition coefficient (Wildman–Crippen LogP) is 0.582. The highest BCUT2D eigenvalue weighted by Crippen LogP contribution is 2.09. The van der Waals surface area contributed by atoms with Crippen molar-refractivity contribution in [3.8, 4) is 0 Å². The van der Waals surface area contributed by atoms with Gasteiger partial charge in [0.1, 0.15) is 0 Å². The molecule has 0 unspecified atom stereocenters. The molecular formula is C12H18N2O3S. The number of sulfonamides is 1. The van der Waals surface area contributed by atoms with E-state index >= 15 is 0 Å². The lowest BCUT2D eigenvalue weighted by molar-refractivity contribution is 0.0953. The highest BCUT2D eigenvalue weighted by molar-refractivity contribution is 7.88. The Hall–Kier alpha value is -1.40. The average Bonchev–Trinajstić information content (AvgIpc) is 2.22. The molecule has 0 saturated carbocycles. The summed E-state index contributed by atoms with van der Waals surface area (Å²) in [5.41, 5.74) is 2.62. The number of rotatable bonds is 5. The van der Waals surface area contributed by atoms with Crippen molar-refractivity contribution in [3.63, 3.8) is 0 Å². The van der Waals surface area contributed by atoms with Crippen molar-refractivity contribution < 1.29 is 13.2 Å². The Kier molecular flexibility index (Phi) is 4.86. The summed E-state index contributed by atoms with van der Waals surface area (Å²) in [6.45, 7) is 4.29. The maximum atomic E-state index is 11.8. The summed E-state index contributed by atoms with van der Waals surface area (Å²) in [7, 11) is -3.20. The highest BCUT2D eigenvalue weighted by Gasteiger charge is 2.08. The minimum atomic E-state index is -3.20. The van der Waals surface area contributed by atoms with Crippen LogP contribution in [0.15, 0.2) is 18.2 Å². The molecule has 0 heterocycles. The van der Waals surface area contributed by atoms with Gasteiger partial charge in [0.05, 0.1) is 6.26 Å². The molecule has 0 spiro atoms. The van der Waals surface area contributed by atoms with Gasteiger partial charge < -0.3 is 5.32 Å². The van der Waals surface area contributed by atoms with Crippen LogP contribution in [-0.2, 0) is 10.0 Å². The molecule has 0 atom stereocenters. The first-order chi connectivity index (χ1) is 8.29. The van der Waals surface area contributed by atoms with E-state index in [4.69, 9.17) is 0 Å². The van der Waals surface area contributed by atoms with E-state index in [1.165, 1.54) is 0 Å². The first kappa shape index (κ1) is 14.7. The van der Waals surface area contributed by atoms with E-state index in [-0.39, 0.29) is 19.0 Å². The molecule has 6 heteroatoms. The second-order valence-electron chi connectivity index (χ2n) is 4.24. The molecule has 0 aliphatic heterocycles. The number of amides is 1. The fourth-order valence-electron chi connectivity index (χ4n) is 1.58. The number of carbonyl (C=O) groups is 1. The lowest BCUT2D eigenvalue weighted by Crippen LogP contribution is -2.34. The maximum Gasteiger partial charge on any atom is 0.251 e. The lowest BCUT2D eigenvalue weighted by atomic mass is 10.1. The maximum absolute atomic E-state index is 11.8. The standard InChI is InChI=1S/C12H18N2O3S/c1-9-4-5-11(10(2)8-9)12(15)13-6-7-14-18(3,16)17/h4-5,8,14H,6-7H2,1-3H3,(H,13,15). The topological polar surface area (TPSA) is 75.3 Å². The SMILES string of the molecule is Cc1ccc(C(=O)NCCNS(C)(=O)=O)c(C)c1. The van der Waals surface area contributed by atoms with E-state index in [0.717, 1.165) is 17.4 Å². The van der Waals surface area contributed by atoms with Crippen molar-refractivity contribution in [2.45, 2.75) is 13.8 Å². The van der Waals surface area contributed by atoms with Gasteiger partial charge in [-0.15, -0.1) is 0 Å². The van der Waals surface area contributed by atoms with Crippen molar-refractivity contribution in [1.29, 1.82) is 0 Å². The third kappa shape index (κ3) is 4.85. The summed E-state index contributed by atoms with van der Waals surface area (Å²) >= 11 is 0. The van der Waals surface area contributed by atoms with E-state index in [1.54, 1.807) is 6.07 Å². The normalized spacial score (nSPS) is 11.3. The molecule has 0 aliphatic rings. The molecule has 0 aromatic heterocycles. The predicted molar refractivity (Wildman–Crippen MR) is 71.1 cm³/mol. The number of carbonyl (C=O) groups excluding carboxylic acids is 1. The van der Waals surface area contributed by atoms with E-state index in [2.05, 4.69) is 10.0 Å². The second kappa shape index (κ2) is 5.97. The Labute approximate surface area is 108 Å². The van der Waals surface area contributed by atoms with Gasteiger partial charge in [0.15, 0.2) is 0 Å². The Balaban J connectivity index is 2.51. The van der Waals surface area contributed by atoms with E-state index in [0.29, 0.717) is 5.56 Å². The summed E-state index contributed by atoms with van der Waals surface area (Å²) in [6, 6.07) is 5.57. The Morgan fingerprint density at radius 1 is 1.22 bits per heavy atom. The van der Waals surface area contributed by atoms with E-state index in [9.17, 15) is 13.2 Å². The van der Waals surface area contributed by atoms with Gasteiger partial charge in [0, 0.05) is 18.7 Å². The monoisotopic (exact) mass is 270 g/mol. The van der Waals surface area contributed by atoms with Gasteiger partial charge in [-0.2, -0.15) is 0 Å². The summed E-state index contributed by atoms with van der Waals surface area (Å²) in [5, 5.41) is 2.67. The van der Waals surface area contributed by atoms with Gasteiger partial charge in [-0.05, 0) is 25.5 Å². The number of hydrogen-bond donors (Lipinski definition) is 2. The van der Waals surface area contributed by atoms with Crippen LogP contribution in [0, 0.1) is 13.8 Å². The Bertz CT molecular complexity index is 538. The van der Waals surface area contributed by atoms with Crippen LogP contribution >= 0.6 is 0 Å². The molecule has 1 rings (SSSR count). The molecule has 0 radical (unpaired) electrons. The smallest absolute Gasteiger partial charge is 0.251 e. The summed E-state index contributed by atoms with van der Waals surface area (Å²) in [6.07, 6.45) is 1.08. The molecule has 5 nitrogen and oxygen atoms in total. The Morgan fingerprint density at radius 3 is 2.44 bits per heavy atom. The molecule has 0 bridgehead atoms. The van der Waals surface area contributed by atoms with Crippen LogP contribution in [0.3, 0.4) is 0 Å². The molecule has 1 aromatic carbocycles. The first-order valence-corrected chi connectivity index (χ1v) is 7.49. The number of benzene rings is 1. The molecule has 2 N–H and O–H groups in total. The van der Waals surface area contributed by atoms with E-state index < -0.39 is 10.0 Å². The zero-order valence-electron chi connectivity index (χ0n) is 10.8. The summed E-state index contributed by atoms with van der Waals surface area (Å²) < 4.78 is 23.9. The van der Waals surface area contributed by atoms with E-state index in [1.807, 2.05) is 26.0 Å². The molecule has 0 saturated heterocycles. The van der Waals surface area contributed by atoms with Crippen LogP contribution < -0.4 is 10.0 Å². The third-order valence-electron chi connectivity index (χ3n) is 2.40. The highest BCUT2D eigenvalue weighted by atomic mass is 32.2. The van der Waals surface area contributed by atoms with Crippen molar-refractivity contribution in [3.05, 3.63) is 34.9 Å². The fraction of sp³-hybridized carbons (Fsp3) is 0.417. The minimum Gasteiger partial charge on any atom is -0.351 e. The minimum absolute atomic E-state index is 0.190. The molecule has 0 aliphatic carbocycles. The second-order valence-corrected chi connectivity index (χ2v) is 6.07. The largest absolute Gasteiger partial charge is 0.351 e. The van der Waals surface area contributed by atoms with Gasteiger partial charge in [0.25, 0.3) is 5.91 Å². The first-order valence-electron chi connectivity index (χ1n) is 5.59. The van der Waals surface area contributed by atoms with Gasteiger partial charge in [-0.1, -0.05) is 17.7 Å². The molecule has 100 valence electrons. The molecule has 1 aromatic rings. The number of nitrogens with one attached hydrogen (secondary N) is 2. The van der Waals surface area contributed by atoms with Gasteiger partial charge in [0.2, 0.25) is 10.0 Å². The van der Waals surface area contributed by atoms with Crippen LogP contribution in [0.2, 0.25) is 0 Å². The van der Waals surface area contributed by atoms with Crippen LogP contribution in [0.25, 0.3) is 0 Å². The van der Waals surface area contributed by atoms with Crippen molar-refractivity contribution in [2.24, 2.45) is 0 Å². The van der Waals surface area contributed by atoms with Gasteiger partial charge >= 0.3 is 0 Å². The third-order valence-corrected chi connectivity index (χ3v) is 3.13. The van der Waals surface area contributed by atoms with Crippen LogP contribution in [0.5, 0.6) is 0 Å². The molecule has 18 heavy (non-hydrogen) atoms. The Morgan fingerprint density at radius 2 is 1.89 bits per heavy atom.